The summed E-state index contributed by atoms with van der Waals surface area (Å²) >= 11 is 13.9. The van der Waals surface area contributed by atoms with Gasteiger partial charge in [0.25, 0.3) is 0 Å². The first-order chi connectivity index (χ1) is 20.7. The molecule has 5 amide bonds. The van der Waals surface area contributed by atoms with Crippen molar-refractivity contribution in [2.75, 3.05) is 26.2 Å². The van der Waals surface area contributed by atoms with Crippen LogP contribution in [0.4, 0.5) is 4.79 Å². The van der Waals surface area contributed by atoms with Crippen molar-refractivity contribution < 1.29 is 19.2 Å². The van der Waals surface area contributed by atoms with Crippen LogP contribution in [0.5, 0.6) is 0 Å². The third-order valence-electron chi connectivity index (χ3n) is 9.42. The molecule has 3 saturated heterocycles. The lowest BCUT2D eigenvalue weighted by molar-refractivity contribution is -0.138. The first-order valence-corrected chi connectivity index (χ1v) is 16.9. The van der Waals surface area contributed by atoms with E-state index in [-0.39, 0.29) is 30.1 Å². The van der Waals surface area contributed by atoms with Gasteiger partial charge in [-0.25, -0.2) is 4.79 Å². The van der Waals surface area contributed by atoms with E-state index in [1.165, 1.54) is 16.7 Å². The van der Waals surface area contributed by atoms with E-state index in [4.69, 9.17) is 16.6 Å². The summed E-state index contributed by atoms with van der Waals surface area (Å²) in [5.74, 6) is 0.194. The second kappa shape index (κ2) is 12.9. The maximum Gasteiger partial charge on any atom is 0.322 e. The molecular formula is C31H34Br2ClN5O4. The third-order valence-corrected chi connectivity index (χ3v) is 10.7. The number of imide groups is 1. The predicted octanol–water partition coefficient (Wildman–Crippen LogP) is 4.96. The van der Waals surface area contributed by atoms with Gasteiger partial charge in [-0.15, -0.1) is 0 Å². The number of carbonyl (C=O) groups is 4. The average molecular weight is 736 g/mol. The maximum absolute atomic E-state index is 13.4. The molecule has 9 nitrogen and oxygen atoms in total. The Hall–Kier alpha value is -2.50. The number of nitrogens with one attached hydrogen (secondary N) is 2. The van der Waals surface area contributed by atoms with Crippen LogP contribution in [0.2, 0.25) is 5.02 Å². The minimum Gasteiger partial charge on any atom is -0.343 e. The molecule has 12 heteroatoms. The molecule has 43 heavy (non-hydrogen) atoms. The van der Waals surface area contributed by atoms with E-state index in [2.05, 4.69) is 54.6 Å². The Kier molecular flexibility index (Phi) is 9.12. The van der Waals surface area contributed by atoms with Gasteiger partial charge in [0.15, 0.2) is 0 Å². The van der Waals surface area contributed by atoms with Gasteiger partial charge in [-0.05, 0) is 101 Å². The number of hydrogen-bond donors (Lipinski definition) is 2. The summed E-state index contributed by atoms with van der Waals surface area (Å²) in [5.41, 5.74) is 4.92. The minimum atomic E-state index is -0.817. The van der Waals surface area contributed by atoms with Crippen LogP contribution in [0, 0.1) is 11.8 Å². The second-order valence-electron chi connectivity index (χ2n) is 12.1. The zero-order valence-corrected chi connectivity index (χ0v) is 27.6. The van der Waals surface area contributed by atoms with E-state index in [0.717, 1.165) is 58.2 Å². The predicted molar refractivity (Wildman–Crippen MR) is 169 cm³/mol. The number of fused-ring (bicyclic) bond motifs is 2. The van der Waals surface area contributed by atoms with E-state index in [1.54, 1.807) is 4.90 Å². The van der Waals surface area contributed by atoms with Crippen molar-refractivity contribution in [1.29, 1.82) is 0 Å². The summed E-state index contributed by atoms with van der Waals surface area (Å²) in [4.78, 5) is 58.2. The molecule has 2 aromatic rings. The number of pyridine rings is 1. The normalized spacial score (nSPS) is 23.1. The molecule has 1 aliphatic carbocycles. The number of aromatic nitrogens is 1. The largest absolute Gasteiger partial charge is 0.343 e. The number of rotatable bonds is 4. The zero-order valence-electron chi connectivity index (χ0n) is 23.7. The first-order valence-electron chi connectivity index (χ1n) is 14.9. The molecule has 1 aromatic heterocycles. The van der Waals surface area contributed by atoms with Gasteiger partial charge in [0.2, 0.25) is 17.7 Å². The Morgan fingerprint density at radius 1 is 0.953 bits per heavy atom. The molecule has 0 spiro atoms. The highest BCUT2D eigenvalue weighted by Crippen LogP contribution is 2.46. The van der Waals surface area contributed by atoms with Gasteiger partial charge in [-0.1, -0.05) is 27.5 Å². The van der Waals surface area contributed by atoms with E-state index in [1.807, 2.05) is 17.2 Å². The Bertz CT molecular complexity index is 1440. The van der Waals surface area contributed by atoms with Crippen molar-refractivity contribution in [2.45, 2.75) is 63.3 Å². The highest BCUT2D eigenvalue weighted by Gasteiger charge is 2.38. The standard InChI is InChI=1S/C31H34Br2ClN5O4/c32-21-12-20-2-1-19-13-22(34)14-23(33)27(19)28(29(20)35-16-21)18-5-9-38(10-6-18)26(41)11-17-3-7-39(8-4-17)30(42)24-15-25(40)37-31(43)36-24/h12-14,16-18,24,28H,1-11,15H2,(H2,36,37,40,43)/t24-,28+/m0/s1. The van der Waals surface area contributed by atoms with Crippen LogP contribution in [-0.4, -0.2) is 70.8 Å². The molecule has 228 valence electrons. The van der Waals surface area contributed by atoms with Crippen molar-refractivity contribution in [3.05, 3.63) is 60.7 Å². The van der Waals surface area contributed by atoms with Gasteiger partial charge in [-0.3, -0.25) is 24.7 Å². The molecule has 1 aromatic carbocycles. The molecule has 3 fully saturated rings. The summed E-state index contributed by atoms with van der Waals surface area (Å²) in [7, 11) is 0. The fourth-order valence-corrected chi connectivity index (χ4v) is 8.72. The van der Waals surface area contributed by atoms with Crippen LogP contribution in [0.1, 0.15) is 66.8 Å². The van der Waals surface area contributed by atoms with Crippen LogP contribution in [0.15, 0.2) is 33.3 Å². The maximum atomic E-state index is 13.4. The van der Waals surface area contributed by atoms with Crippen LogP contribution >= 0.6 is 43.5 Å². The molecule has 3 aliphatic heterocycles. The van der Waals surface area contributed by atoms with Gasteiger partial charge in [-0.2, -0.15) is 0 Å². The van der Waals surface area contributed by atoms with Crippen LogP contribution < -0.4 is 10.6 Å². The van der Waals surface area contributed by atoms with Gasteiger partial charge < -0.3 is 15.1 Å². The molecule has 0 unspecified atom stereocenters. The molecular weight excluding hydrogens is 702 g/mol. The number of likely N-dealkylation sites (tertiary alicyclic amines) is 2. The quantitative estimate of drug-likeness (QED) is 0.462. The molecule has 6 rings (SSSR count). The highest BCUT2D eigenvalue weighted by molar-refractivity contribution is 9.10. The smallest absolute Gasteiger partial charge is 0.322 e. The van der Waals surface area contributed by atoms with Crippen LogP contribution in [0.3, 0.4) is 0 Å². The molecule has 4 aliphatic rings. The topological polar surface area (TPSA) is 112 Å². The Labute approximate surface area is 272 Å². The number of piperidine rings is 2. The Morgan fingerprint density at radius 3 is 2.37 bits per heavy atom. The summed E-state index contributed by atoms with van der Waals surface area (Å²) in [6, 6.07) is 4.82. The van der Waals surface area contributed by atoms with Crippen molar-refractivity contribution in [1.82, 2.24) is 25.4 Å². The fraction of sp³-hybridized carbons (Fsp3) is 0.516. The average Bonchev–Trinajstić information content (AvgIpc) is 3.13. The fourth-order valence-electron chi connectivity index (χ4n) is 7.22. The molecule has 2 N–H and O–H groups in total. The molecule has 0 radical (unpaired) electrons. The first kappa shape index (κ1) is 30.5. The van der Waals surface area contributed by atoms with E-state index in [0.29, 0.717) is 38.5 Å². The van der Waals surface area contributed by atoms with Crippen LogP contribution in [-0.2, 0) is 27.2 Å². The number of hydrogen-bond acceptors (Lipinski definition) is 5. The number of amides is 5. The molecule has 0 saturated carbocycles. The lowest BCUT2D eigenvalue weighted by atomic mass is 9.76. The highest BCUT2D eigenvalue weighted by atomic mass is 79.9. The number of aryl methyl sites for hydroxylation is 2. The summed E-state index contributed by atoms with van der Waals surface area (Å²) in [6.07, 6.45) is 7.39. The Morgan fingerprint density at radius 2 is 1.65 bits per heavy atom. The Balaban J connectivity index is 1.07. The number of benzene rings is 1. The van der Waals surface area contributed by atoms with E-state index < -0.39 is 18.0 Å². The molecule has 4 heterocycles. The van der Waals surface area contributed by atoms with Crippen molar-refractivity contribution in [3.8, 4) is 0 Å². The van der Waals surface area contributed by atoms with E-state index in [9.17, 15) is 19.2 Å². The van der Waals surface area contributed by atoms with Gasteiger partial charge in [0.05, 0.1) is 12.1 Å². The second-order valence-corrected chi connectivity index (χ2v) is 14.3. The van der Waals surface area contributed by atoms with Crippen molar-refractivity contribution in [2.24, 2.45) is 11.8 Å². The monoisotopic (exact) mass is 733 g/mol. The van der Waals surface area contributed by atoms with Gasteiger partial charge in [0.1, 0.15) is 6.04 Å². The lowest BCUT2D eigenvalue weighted by Crippen LogP contribution is -2.59. The van der Waals surface area contributed by atoms with Crippen LogP contribution in [0.25, 0.3) is 0 Å². The number of urea groups is 1. The zero-order chi connectivity index (χ0) is 30.2. The van der Waals surface area contributed by atoms with Gasteiger partial charge >= 0.3 is 6.03 Å². The number of halogens is 3. The summed E-state index contributed by atoms with van der Waals surface area (Å²) < 4.78 is 2.01. The number of nitrogens with zero attached hydrogens (tertiary/aromatic N) is 3. The minimum absolute atomic E-state index is 0.0464. The lowest BCUT2D eigenvalue weighted by Gasteiger charge is -2.38. The molecule has 2 atom stereocenters. The van der Waals surface area contributed by atoms with Crippen molar-refractivity contribution >= 4 is 67.2 Å². The SMILES string of the molecule is O=C1C[C@@H](C(=O)N2CCC(CC(=O)N3CCC([C@H]4c5ncc(Br)cc5CCc5cc(Cl)cc(Br)c54)CC3)CC2)NC(=O)N1. The summed E-state index contributed by atoms with van der Waals surface area (Å²) in [6.45, 7) is 2.48. The van der Waals surface area contributed by atoms with Gasteiger partial charge in [0, 0.05) is 58.7 Å². The van der Waals surface area contributed by atoms with E-state index >= 15 is 0 Å². The number of carbonyl (C=O) groups excluding carboxylic acids is 4. The third kappa shape index (κ3) is 6.63. The van der Waals surface area contributed by atoms with Crippen molar-refractivity contribution in [3.63, 3.8) is 0 Å². The summed E-state index contributed by atoms with van der Waals surface area (Å²) in [5, 5.41) is 5.42. The molecule has 0 bridgehead atoms.